The van der Waals surface area contributed by atoms with Crippen LogP contribution in [0.1, 0.15) is 44.5 Å². The highest BCUT2D eigenvalue weighted by Crippen LogP contribution is 2.66. The van der Waals surface area contributed by atoms with Gasteiger partial charge in [-0.05, 0) is 112 Å². The highest BCUT2D eigenvalue weighted by Gasteiger charge is 2.54. The lowest BCUT2D eigenvalue weighted by Gasteiger charge is -2.40. The van der Waals surface area contributed by atoms with Crippen LogP contribution in [0.15, 0.2) is 206 Å². The van der Waals surface area contributed by atoms with E-state index in [4.69, 9.17) is 4.74 Å². The fourth-order valence-electron chi connectivity index (χ4n) is 12.0. The summed E-state index contributed by atoms with van der Waals surface area (Å²) < 4.78 is 7.11. The van der Waals surface area contributed by atoms with E-state index < -0.39 is 10.8 Å². The molecule has 0 saturated carbocycles. The molecule has 3 aliphatic carbocycles. The van der Waals surface area contributed by atoms with Gasteiger partial charge in [0.15, 0.2) is 0 Å². The number of benzene rings is 10. The summed E-state index contributed by atoms with van der Waals surface area (Å²) in [6.07, 6.45) is 0. The van der Waals surface area contributed by atoms with Crippen molar-refractivity contribution < 1.29 is 4.74 Å². The van der Waals surface area contributed by atoms with Gasteiger partial charge in [-0.3, -0.25) is 0 Å². The molecule has 0 bridgehead atoms. The third-order valence-electron chi connectivity index (χ3n) is 14.1. The van der Waals surface area contributed by atoms with Gasteiger partial charge >= 0.3 is 0 Å². The van der Waals surface area contributed by atoms with Crippen LogP contribution >= 0.6 is 0 Å². The summed E-state index contributed by atoms with van der Waals surface area (Å²) >= 11 is 0. The summed E-state index contributed by atoms with van der Waals surface area (Å²) in [7, 11) is 0. The molecule has 0 unspecified atom stereocenters. The first kappa shape index (κ1) is 31.6. The predicted octanol–water partition coefficient (Wildman–Crippen LogP) is 14.5. The molecule has 10 aromatic rings. The van der Waals surface area contributed by atoms with Gasteiger partial charge in [0.2, 0.25) is 0 Å². The molecule has 0 fully saturated rings. The maximum Gasteiger partial charge on any atom is 0.140 e. The summed E-state index contributed by atoms with van der Waals surface area (Å²) in [5.41, 5.74) is 19.6. The molecule has 1 heteroatoms. The molecule has 0 amide bonds. The van der Waals surface area contributed by atoms with Crippen LogP contribution in [0.3, 0.4) is 0 Å². The van der Waals surface area contributed by atoms with Gasteiger partial charge in [-0.15, -0.1) is 0 Å². The Hall–Kier alpha value is -7.48. The van der Waals surface area contributed by atoms with Crippen molar-refractivity contribution >= 4 is 21.5 Å². The fraction of sp³-hybridized carbons (Fsp3) is 0.0345. The van der Waals surface area contributed by atoms with Crippen molar-refractivity contribution in [2.45, 2.75) is 10.8 Å². The van der Waals surface area contributed by atoms with Crippen LogP contribution in [0, 0.1) is 0 Å². The Balaban J connectivity index is 1.11. The average Bonchev–Trinajstić information content (AvgIpc) is 3.89. The van der Waals surface area contributed by atoms with E-state index in [0.717, 1.165) is 16.9 Å². The summed E-state index contributed by atoms with van der Waals surface area (Å²) in [4.78, 5) is 0. The smallest absolute Gasteiger partial charge is 0.140 e. The van der Waals surface area contributed by atoms with Crippen molar-refractivity contribution in [3.63, 3.8) is 0 Å². The van der Waals surface area contributed by atoms with Gasteiger partial charge in [0, 0.05) is 16.5 Å². The summed E-state index contributed by atoms with van der Waals surface area (Å²) in [6.45, 7) is 0. The molecule has 1 heterocycles. The van der Waals surface area contributed by atoms with E-state index >= 15 is 0 Å². The number of rotatable bonds is 1. The molecule has 2 spiro atoms. The van der Waals surface area contributed by atoms with Gasteiger partial charge in [0.25, 0.3) is 0 Å². The van der Waals surface area contributed by atoms with Crippen LogP contribution in [0.5, 0.6) is 11.5 Å². The van der Waals surface area contributed by atoms with Gasteiger partial charge in [-0.25, -0.2) is 0 Å². The van der Waals surface area contributed by atoms with Gasteiger partial charge in [-0.2, -0.15) is 0 Å². The normalized spacial score (nSPS) is 14.8. The van der Waals surface area contributed by atoms with Gasteiger partial charge < -0.3 is 4.74 Å². The van der Waals surface area contributed by atoms with Crippen molar-refractivity contribution in [3.05, 3.63) is 251 Å². The van der Waals surface area contributed by atoms with Gasteiger partial charge in [0.1, 0.15) is 11.5 Å². The maximum absolute atomic E-state index is 7.11. The topological polar surface area (TPSA) is 9.23 Å². The molecule has 0 saturated heterocycles. The van der Waals surface area contributed by atoms with Gasteiger partial charge in [0.05, 0.1) is 10.8 Å². The summed E-state index contributed by atoms with van der Waals surface area (Å²) in [6, 6.07) is 77.2. The van der Waals surface area contributed by atoms with Crippen molar-refractivity contribution in [1.82, 2.24) is 0 Å². The van der Waals surface area contributed by atoms with Crippen molar-refractivity contribution in [3.8, 4) is 56.0 Å². The van der Waals surface area contributed by atoms with Crippen LogP contribution < -0.4 is 4.74 Å². The fourth-order valence-corrected chi connectivity index (χ4v) is 12.0. The molecule has 4 aliphatic rings. The minimum Gasteiger partial charge on any atom is -0.456 e. The Bertz CT molecular complexity index is 3400. The molecular weight excluding hydrogens is 713 g/mol. The van der Waals surface area contributed by atoms with Crippen molar-refractivity contribution in [2.75, 3.05) is 0 Å². The molecule has 272 valence electrons. The van der Waals surface area contributed by atoms with E-state index in [1.165, 1.54) is 105 Å². The Morgan fingerprint density at radius 3 is 1.44 bits per heavy atom. The molecule has 0 aromatic heterocycles. The molecule has 1 aliphatic heterocycles. The van der Waals surface area contributed by atoms with E-state index in [9.17, 15) is 0 Å². The van der Waals surface area contributed by atoms with E-state index in [1.54, 1.807) is 0 Å². The molecule has 14 rings (SSSR count). The highest BCUT2D eigenvalue weighted by molar-refractivity contribution is 6.07. The standard InChI is InChI=1S/C58H34O/c1-2-16-37-35(15-1)29-32-44-43-31-30-36(33-52(43)58(55(37)44)49-25-11-7-20-41(49)42-21-8-12-26-50(42)58)46-34-53-56(45-22-4-3-17-38(45)46)59-54-28-14-13-27-51(54)57(53)47-23-9-5-18-39(47)40-19-6-10-24-48(40)57/h1-34H. The molecule has 0 radical (unpaired) electrons. The number of fused-ring (bicyclic) bond motifs is 23. The minimum absolute atomic E-state index is 0.481. The second-order valence-electron chi connectivity index (χ2n) is 16.6. The highest BCUT2D eigenvalue weighted by atomic mass is 16.5. The molecule has 1 nitrogen and oxygen atoms in total. The van der Waals surface area contributed by atoms with Crippen LogP contribution in [0.4, 0.5) is 0 Å². The van der Waals surface area contributed by atoms with E-state index in [0.29, 0.717) is 0 Å². The molecule has 10 aromatic carbocycles. The first-order valence-corrected chi connectivity index (χ1v) is 20.7. The minimum atomic E-state index is -0.563. The Morgan fingerprint density at radius 2 is 0.780 bits per heavy atom. The average molecular weight is 747 g/mol. The van der Waals surface area contributed by atoms with Crippen molar-refractivity contribution in [1.29, 1.82) is 0 Å². The summed E-state index contributed by atoms with van der Waals surface area (Å²) in [5, 5.41) is 4.88. The summed E-state index contributed by atoms with van der Waals surface area (Å²) in [5.74, 6) is 1.84. The zero-order chi connectivity index (χ0) is 38.5. The zero-order valence-corrected chi connectivity index (χ0v) is 32.0. The third-order valence-corrected chi connectivity index (χ3v) is 14.1. The van der Waals surface area contributed by atoms with E-state index in [1.807, 2.05) is 0 Å². The molecule has 0 N–H and O–H groups in total. The molecular formula is C58H34O. The zero-order valence-electron chi connectivity index (χ0n) is 32.0. The van der Waals surface area contributed by atoms with E-state index in [2.05, 4.69) is 206 Å². The quantitative estimate of drug-likeness (QED) is 0.163. The monoisotopic (exact) mass is 746 g/mol. The third kappa shape index (κ3) is 3.69. The van der Waals surface area contributed by atoms with Gasteiger partial charge in [-0.1, -0.05) is 188 Å². The van der Waals surface area contributed by atoms with Crippen LogP contribution in [-0.4, -0.2) is 0 Å². The Labute approximate surface area is 342 Å². The second kappa shape index (κ2) is 11.1. The first-order chi connectivity index (χ1) is 29.3. The maximum atomic E-state index is 7.11. The molecule has 59 heavy (non-hydrogen) atoms. The molecule has 0 atom stereocenters. The SMILES string of the molecule is c1ccc2c(c1)Oc1c(cc(-c3ccc4c(c3)C3(c5ccccc5-c5ccccc53)c3c-4ccc4ccccc34)c3ccccc13)C21c2ccccc2-c2ccccc21. The largest absolute Gasteiger partial charge is 0.456 e. The predicted molar refractivity (Wildman–Crippen MR) is 241 cm³/mol. The number of ether oxygens (including phenoxy) is 1. The van der Waals surface area contributed by atoms with E-state index in [-0.39, 0.29) is 0 Å². The number of para-hydroxylation sites is 1. The Morgan fingerprint density at radius 1 is 0.288 bits per heavy atom. The van der Waals surface area contributed by atoms with Crippen LogP contribution in [-0.2, 0) is 10.8 Å². The van der Waals surface area contributed by atoms with Crippen molar-refractivity contribution in [2.24, 2.45) is 0 Å². The Kier molecular flexibility index (Phi) is 5.96. The second-order valence-corrected chi connectivity index (χ2v) is 16.6. The number of hydrogen-bond donors (Lipinski definition) is 0. The van der Waals surface area contributed by atoms with Crippen LogP contribution in [0.2, 0.25) is 0 Å². The lowest BCUT2D eigenvalue weighted by molar-refractivity contribution is 0.442. The van der Waals surface area contributed by atoms with Crippen LogP contribution in [0.25, 0.3) is 66.1 Å². The number of hydrogen-bond acceptors (Lipinski definition) is 1. The lowest BCUT2D eigenvalue weighted by Crippen LogP contribution is -2.32. The first-order valence-electron chi connectivity index (χ1n) is 20.7. The lowest BCUT2D eigenvalue weighted by atomic mass is 9.65.